The van der Waals surface area contributed by atoms with Crippen LogP contribution in [0.4, 0.5) is 9.59 Å². The van der Waals surface area contributed by atoms with E-state index < -0.39 is 11.2 Å². The van der Waals surface area contributed by atoms with E-state index in [0.717, 1.165) is 25.9 Å². The minimum Gasteiger partial charge on any atom is -0.444 e. The molecule has 0 unspecified atom stereocenters. The maximum Gasteiger partial charge on any atom is 0.410 e. The second kappa shape index (κ2) is 8.19. The van der Waals surface area contributed by atoms with Gasteiger partial charge in [-0.2, -0.15) is 0 Å². The summed E-state index contributed by atoms with van der Waals surface area (Å²) in [7, 11) is 0. The summed E-state index contributed by atoms with van der Waals surface area (Å²) >= 11 is 0. The number of nitrogens with zero attached hydrogens (tertiary/aromatic N) is 2. The van der Waals surface area contributed by atoms with Gasteiger partial charge in [-0.25, -0.2) is 9.59 Å². The molecule has 2 saturated carbocycles. The molecule has 172 valence electrons. The number of likely N-dealkylation sites (tertiary alicyclic amines) is 2. The largest absolute Gasteiger partial charge is 0.444 e. The number of hydrogen-bond donors (Lipinski definition) is 2. The van der Waals surface area contributed by atoms with Crippen LogP contribution in [0.1, 0.15) is 54.4 Å². The van der Waals surface area contributed by atoms with Crippen molar-refractivity contribution < 1.29 is 29.3 Å². The van der Waals surface area contributed by atoms with Crippen molar-refractivity contribution in [2.45, 2.75) is 77.8 Å². The molecule has 0 radical (unpaired) electrons. The van der Waals surface area contributed by atoms with E-state index >= 15 is 0 Å². The van der Waals surface area contributed by atoms with E-state index in [0.29, 0.717) is 24.9 Å². The predicted octanol–water partition coefficient (Wildman–Crippen LogP) is 2.47. The molecule has 2 aliphatic heterocycles. The number of carbonyl (C=O) groups is 2. The van der Waals surface area contributed by atoms with Crippen molar-refractivity contribution in [1.82, 2.24) is 9.80 Å². The summed E-state index contributed by atoms with van der Waals surface area (Å²) < 4.78 is 10.6. The Balaban J connectivity index is 0.000000171. The predicted molar refractivity (Wildman–Crippen MR) is 111 cm³/mol. The van der Waals surface area contributed by atoms with Crippen molar-refractivity contribution >= 4 is 12.2 Å². The number of carbonyl (C=O) groups excluding carboxylic acids is 2. The van der Waals surface area contributed by atoms with Gasteiger partial charge in [0.2, 0.25) is 0 Å². The lowest BCUT2D eigenvalue weighted by molar-refractivity contribution is -0.00489. The van der Waals surface area contributed by atoms with Crippen molar-refractivity contribution in [2.75, 3.05) is 26.2 Å². The molecule has 2 saturated heterocycles. The van der Waals surface area contributed by atoms with Crippen LogP contribution >= 0.6 is 0 Å². The van der Waals surface area contributed by atoms with Crippen LogP contribution in [-0.4, -0.2) is 81.8 Å². The van der Waals surface area contributed by atoms with Gasteiger partial charge in [-0.1, -0.05) is 0 Å². The van der Waals surface area contributed by atoms with Crippen LogP contribution in [0.25, 0.3) is 0 Å². The molecular formula is C22H38N2O6. The fraction of sp³-hybridized carbons (Fsp3) is 0.909. The van der Waals surface area contributed by atoms with E-state index in [4.69, 9.17) is 9.47 Å². The first kappa shape index (κ1) is 23.1. The number of ether oxygens (including phenoxy) is 2. The van der Waals surface area contributed by atoms with Crippen molar-refractivity contribution in [3.8, 4) is 0 Å². The van der Waals surface area contributed by atoms with Gasteiger partial charge in [-0.05, 0) is 66.2 Å². The highest BCUT2D eigenvalue weighted by Crippen LogP contribution is 2.42. The lowest BCUT2D eigenvalue weighted by Crippen LogP contribution is -2.40. The van der Waals surface area contributed by atoms with Gasteiger partial charge in [-0.3, -0.25) is 0 Å². The summed E-state index contributed by atoms with van der Waals surface area (Å²) in [5, 5.41) is 18.9. The Morgan fingerprint density at radius 2 is 1.03 bits per heavy atom. The number of rotatable bonds is 0. The molecule has 0 aromatic heterocycles. The molecule has 0 bridgehead atoms. The first-order valence-corrected chi connectivity index (χ1v) is 11.1. The first-order valence-electron chi connectivity index (χ1n) is 11.1. The molecule has 8 nitrogen and oxygen atoms in total. The standard InChI is InChI=1S/2C11H19NO3/c2*1-11(2,3)15-10(14)12-5-7-4-9(13)8(7)6-12/h2*7-9,13H,4-6H2,1-3H3/t2*7-,8+,9-/m10/s1. The fourth-order valence-electron chi connectivity index (χ4n) is 4.69. The molecule has 2 heterocycles. The highest BCUT2D eigenvalue weighted by Gasteiger charge is 2.49. The van der Waals surface area contributed by atoms with Crippen molar-refractivity contribution in [3.63, 3.8) is 0 Å². The average molecular weight is 427 g/mol. The third kappa shape index (κ3) is 5.38. The van der Waals surface area contributed by atoms with E-state index in [1.165, 1.54) is 0 Å². The van der Waals surface area contributed by atoms with E-state index in [1.807, 2.05) is 41.5 Å². The molecular weight excluding hydrogens is 388 g/mol. The normalized spacial score (nSPS) is 34.7. The molecule has 2 amide bonds. The monoisotopic (exact) mass is 426 g/mol. The van der Waals surface area contributed by atoms with E-state index in [1.54, 1.807) is 9.80 Å². The molecule has 0 aromatic carbocycles. The van der Waals surface area contributed by atoms with E-state index in [-0.39, 0.29) is 36.2 Å². The van der Waals surface area contributed by atoms with Gasteiger partial charge in [0.25, 0.3) is 0 Å². The summed E-state index contributed by atoms with van der Waals surface area (Å²) in [5.41, 5.74) is -0.866. The smallest absolute Gasteiger partial charge is 0.410 e. The molecule has 6 atom stereocenters. The van der Waals surface area contributed by atoms with Gasteiger partial charge < -0.3 is 29.5 Å². The molecule has 30 heavy (non-hydrogen) atoms. The highest BCUT2D eigenvalue weighted by atomic mass is 16.6. The Bertz CT molecular complexity index is 599. The summed E-state index contributed by atoms with van der Waals surface area (Å²) in [6, 6.07) is 0. The summed E-state index contributed by atoms with van der Waals surface area (Å²) in [4.78, 5) is 26.9. The maximum atomic E-state index is 11.7. The third-order valence-corrected chi connectivity index (χ3v) is 6.36. The van der Waals surface area contributed by atoms with Crippen LogP contribution in [0.15, 0.2) is 0 Å². The SMILES string of the molecule is CC(C)(C)OC(=O)N1C[C@@H]2C[C@H](O)[C@@H]2C1.CC(C)(C)OC(=O)N1C[C@H]2C[C@@H](O)[C@H]2C1. The molecule has 2 aliphatic carbocycles. The summed E-state index contributed by atoms with van der Waals surface area (Å²) in [5.74, 6) is 1.56. The number of hydrogen-bond acceptors (Lipinski definition) is 6. The molecule has 8 heteroatoms. The van der Waals surface area contributed by atoms with Gasteiger partial charge in [0.05, 0.1) is 12.2 Å². The summed E-state index contributed by atoms with van der Waals surface area (Å²) in [6.45, 7) is 14.0. The van der Waals surface area contributed by atoms with Gasteiger partial charge in [-0.15, -0.1) is 0 Å². The minimum absolute atomic E-state index is 0.206. The molecule has 0 spiro atoms. The number of amides is 2. The lowest BCUT2D eigenvalue weighted by atomic mass is 9.74. The summed E-state index contributed by atoms with van der Waals surface area (Å²) in [6.07, 6.45) is 0.770. The van der Waals surface area contributed by atoms with Crippen molar-refractivity contribution in [1.29, 1.82) is 0 Å². The Hall–Kier alpha value is -1.54. The Labute approximate surface area is 179 Å². The second-order valence-corrected chi connectivity index (χ2v) is 11.2. The van der Waals surface area contributed by atoms with Gasteiger partial charge in [0.1, 0.15) is 11.2 Å². The van der Waals surface area contributed by atoms with Crippen molar-refractivity contribution in [2.24, 2.45) is 23.7 Å². The lowest BCUT2D eigenvalue weighted by Gasteiger charge is -2.34. The topological polar surface area (TPSA) is 99.5 Å². The highest BCUT2D eigenvalue weighted by molar-refractivity contribution is 5.69. The van der Waals surface area contributed by atoms with Gasteiger partial charge in [0.15, 0.2) is 0 Å². The van der Waals surface area contributed by atoms with Gasteiger partial charge in [0, 0.05) is 38.0 Å². The minimum atomic E-state index is -0.433. The van der Waals surface area contributed by atoms with Gasteiger partial charge >= 0.3 is 12.2 Å². The van der Waals surface area contributed by atoms with Crippen LogP contribution < -0.4 is 0 Å². The number of aliphatic hydroxyl groups is 2. The maximum absolute atomic E-state index is 11.7. The van der Waals surface area contributed by atoms with Crippen LogP contribution in [0.3, 0.4) is 0 Å². The molecule has 2 N–H and O–H groups in total. The Morgan fingerprint density at radius 1 is 0.700 bits per heavy atom. The Kier molecular flexibility index (Phi) is 6.31. The van der Waals surface area contributed by atoms with E-state index in [2.05, 4.69) is 0 Å². The second-order valence-electron chi connectivity index (χ2n) is 11.2. The van der Waals surface area contributed by atoms with Crippen LogP contribution in [-0.2, 0) is 9.47 Å². The average Bonchev–Trinajstić information content (AvgIpc) is 3.09. The zero-order valence-corrected chi connectivity index (χ0v) is 19.1. The zero-order valence-electron chi connectivity index (χ0n) is 19.1. The van der Waals surface area contributed by atoms with Crippen LogP contribution in [0, 0.1) is 23.7 Å². The Morgan fingerprint density at radius 3 is 1.27 bits per heavy atom. The molecule has 4 rings (SSSR count). The molecule has 0 aromatic rings. The quantitative estimate of drug-likeness (QED) is 0.617. The van der Waals surface area contributed by atoms with Crippen LogP contribution in [0.2, 0.25) is 0 Å². The molecule has 4 fully saturated rings. The third-order valence-electron chi connectivity index (χ3n) is 6.36. The van der Waals surface area contributed by atoms with Crippen molar-refractivity contribution in [3.05, 3.63) is 0 Å². The van der Waals surface area contributed by atoms with Crippen LogP contribution in [0.5, 0.6) is 0 Å². The fourth-order valence-corrected chi connectivity index (χ4v) is 4.69. The number of aliphatic hydroxyl groups excluding tert-OH is 2. The zero-order chi connectivity index (χ0) is 22.4. The molecule has 4 aliphatic rings. The number of fused-ring (bicyclic) bond motifs is 2. The first-order chi connectivity index (χ1) is 13.7. The van der Waals surface area contributed by atoms with E-state index in [9.17, 15) is 19.8 Å².